The van der Waals surface area contributed by atoms with Crippen LogP contribution in [0.25, 0.3) is 0 Å². The van der Waals surface area contributed by atoms with Gasteiger partial charge < -0.3 is 5.11 Å². The Balaban J connectivity index is 3.49. The molecule has 1 aromatic rings. The minimum atomic E-state index is -2.00. The monoisotopic (exact) mass is 282 g/mol. The Bertz CT molecular complexity index is 491. The third-order valence-corrected chi connectivity index (χ3v) is 2.39. The van der Waals surface area contributed by atoms with Crippen LogP contribution in [-0.2, 0) is 22.8 Å². The van der Waals surface area contributed by atoms with E-state index < -0.39 is 59.7 Å². The van der Waals surface area contributed by atoms with Gasteiger partial charge in [0.05, 0.1) is 6.61 Å². The second-order valence-corrected chi connectivity index (χ2v) is 3.44. The summed E-state index contributed by atoms with van der Waals surface area (Å²) in [5.74, 6) is -7.05. The van der Waals surface area contributed by atoms with Gasteiger partial charge in [-0.25, -0.2) is 27.7 Å². The zero-order valence-electron chi connectivity index (χ0n) is 9.32. The minimum Gasteiger partial charge on any atom is -0.477 e. The summed E-state index contributed by atoms with van der Waals surface area (Å²) in [7, 11) is 0. The van der Waals surface area contributed by atoms with Crippen LogP contribution in [0.5, 0.6) is 0 Å². The Morgan fingerprint density at radius 3 is 2.11 bits per heavy atom. The molecule has 0 unspecified atom stereocenters. The molecule has 0 saturated heterocycles. The zero-order chi connectivity index (χ0) is 14.6. The van der Waals surface area contributed by atoms with E-state index in [4.69, 9.17) is 15.6 Å². The molecule has 1 rings (SSSR count). The van der Waals surface area contributed by atoms with E-state index in [9.17, 15) is 18.0 Å². The first kappa shape index (κ1) is 15.4. The lowest BCUT2D eigenvalue weighted by atomic mass is 9.99. The molecule has 0 spiro atoms. The number of rotatable bonds is 6. The molecule has 0 aromatic heterocycles. The molecular weight excluding hydrogens is 273 g/mol. The van der Waals surface area contributed by atoms with Gasteiger partial charge in [0.2, 0.25) is 0 Å². The Hall–Kier alpha value is -1.68. The third kappa shape index (κ3) is 3.01. The smallest absolute Gasteiger partial charge is 0.341 e. The number of halogens is 3. The molecule has 0 saturated carbocycles. The topological polar surface area (TPSA) is 96.2 Å². The first-order chi connectivity index (χ1) is 8.95. The minimum absolute atomic E-state index is 0.450. The molecule has 0 radical (unpaired) electrons. The highest BCUT2D eigenvalue weighted by Crippen LogP contribution is 2.26. The highest BCUT2D eigenvalue weighted by molar-refractivity contribution is 5.88. The van der Waals surface area contributed by atoms with Crippen molar-refractivity contribution in [2.45, 2.75) is 13.0 Å². The van der Waals surface area contributed by atoms with Crippen LogP contribution >= 0.6 is 0 Å². The normalized spacial score (nSPS) is 10.8. The molecule has 0 fully saturated rings. The zero-order valence-corrected chi connectivity index (χ0v) is 9.32. The predicted molar refractivity (Wildman–Crippen MR) is 53.0 cm³/mol. The number of hydrogen-bond donors (Lipinski definition) is 3. The molecule has 19 heavy (non-hydrogen) atoms. The molecule has 3 N–H and O–H groups in total. The number of carboxylic acid groups (broad SMARTS) is 1. The summed E-state index contributed by atoms with van der Waals surface area (Å²) in [6.07, 6.45) is -0.450. The average molecular weight is 282 g/mol. The Morgan fingerprint density at radius 1 is 1.00 bits per heavy atom. The van der Waals surface area contributed by atoms with Crippen molar-refractivity contribution in [3.8, 4) is 0 Å². The van der Waals surface area contributed by atoms with Gasteiger partial charge in [0, 0.05) is 17.5 Å². The van der Waals surface area contributed by atoms with Gasteiger partial charge in [-0.05, 0) is 0 Å². The second kappa shape index (κ2) is 6.48. The van der Waals surface area contributed by atoms with Crippen LogP contribution in [0.2, 0.25) is 0 Å². The van der Waals surface area contributed by atoms with Crippen LogP contribution in [0.3, 0.4) is 0 Å². The van der Waals surface area contributed by atoms with Gasteiger partial charge >= 0.3 is 5.97 Å². The van der Waals surface area contributed by atoms with Gasteiger partial charge in [0.15, 0.2) is 11.6 Å². The fraction of sp³-hybridized carbons (Fsp3) is 0.300. The summed E-state index contributed by atoms with van der Waals surface area (Å²) in [5.41, 5.74) is -2.75. The maximum absolute atomic E-state index is 13.8. The Kier molecular flexibility index (Phi) is 5.24. The average Bonchev–Trinajstić information content (AvgIpc) is 2.35. The lowest BCUT2D eigenvalue weighted by Gasteiger charge is -2.13. The molecule has 0 aliphatic carbocycles. The highest BCUT2D eigenvalue weighted by Gasteiger charge is 2.28. The summed E-state index contributed by atoms with van der Waals surface area (Å²) < 4.78 is 40.8. The van der Waals surface area contributed by atoms with E-state index >= 15 is 0 Å². The van der Waals surface area contributed by atoms with Gasteiger partial charge in [-0.1, -0.05) is 0 Å². The van der Waals surface area contributed by atoms with E-state index in [1.807, 2.05) is 0 Å². The fourth-order valence-corrected chi connectivity index (χ4v) is 1.57. The molecule has 0 aliphatic rings. The Morgan fingerprint density at radius 2 is 1.63 bits per heavy atom. The van der Waals surface area contributed by atoms with Crippen molar-refractivity contribution in [2.75, 3.05) is 6.61 Å². The van der Waals surface area contributed by atoms with Crippen molar-refractivity contribution < 1.29 is 43.4 Å². The lowest BCUT2D eigenvalue weighted by molar-refractivity contribution is -0.254. The molecule has 1 aromatic carbocycles. The van der Waals surface area contributed by atoms with Crippen LogP contribution in [0.15, 0.2) is 0 Å². The summed E-state index contributed by atoms with van der Waals surface area (Å²) >= 11 is 0. The molecule has 6 nitrogen and oxygen atoms in total. The molecule has 0 atom stereocenters. The first-order valence-electron chi connectivity index (χ1n) is 4.89. The van der Waals surface area contributed by atoms with E-state index in [1.165, 1.54) is 0 Å². The molecule has 0 bridgehead atoms. The first-order valence-corrected chi connectivity index (χ1v) is 4.89. The van der Waals surface area contributed by atoms with Gasteiger partial charge in [0.1, 0.15) is 18.0 Å². The SMILES string of the molecule is O=C(O)c1c(F)c(F)c(CCOO)c(COO)c1F. The van der Waals surface area contributed by atoms with E-state index in [0.717, 1.165) is 0 Å². The highest BCUT2D eigenvalue weighted by atomic mass is 19.2. The van der Waals surface area contributed by atoms with Gasteiger partial charge in [0.25, 0.3) is 0 Å². The van der Waals surface area contributed by atoms with E-state index in [2.05, 4.69) is 9.78 Å². The van der Waals surface area contributed by atoms with E-state index in [1.54, 1.807) is 0 Å². The standard InChI is InChI=1S/C10H9F3O6/c11-7-5(3-19-17)4(1-2-18-16)8(12)9(13)6(7)10(14)15/h16-17H,1-3H2,(H,14,15). The molecule has 0 aliphatic heterocycles. The fourth-order valence-electron chi connectivity index (χ4n) is 1.57. The molecule has 0 heterocycles. The van der Waals surface area contributed by atoms with Crippen LogP contribution < -0.4 is 0 Å². The molecule has 106 valence electrons. The van der Waals surface area contributed by atoms with Crippen molar-refractivity contribution in [1.29, 1.82) is 0 Å². The van der Waals surface area contributed by atoms with Crippen LogP contribution in [0.1, 0.15) is 21.5 Å². The summed E-state index contributed by atoms with van der Waals surface area (Å²) in [6.45, 7) is -1.37. The Labute approximate surface area is 104 Å². The quantitative estimate of drug-likeness (QED) is 0.418. The second-order valence-electron chi connectivity index (χ2n) is 3.44. The van der Waals surface area contributed by atoms with E-state index in [-0.39, 0.29) is 0 Å². The predicted octanol–water partition coefficient (Wildman–Crippen LogP) is 1.82. The third-order valence-electron chi connectivity index (χ3n) is 2.39. The number of benzene rings is 1. The summed E-state index contributed by atoms with van der Waals surface area (Å²) in [4.78, 5) is 18.0. The summed E-state index contributed by atoms with van der Waals surface area (Å²) in [5, 5.41) is 25.0. The van der Waals surface area contributed by atoms with Crippen molar-refractivity contribution in [3.63, 3.8) is 0 Å². The van der Waals surface area contributed by atoms with Crippen molar-refractivity contribution >= 4 is 5.97 Å². The van der Waals surface area contributed by atoms with Crippen molar-refractivity contribution in [2.24, 2.45) is 0 Å². The van der Waals surface area contributed by atoms with Gasteiger partial charge in [-0.3, -0.25) is 10.5 Å². The van der Waals surface area contributed by atoms with Crippen LogP contribution in [0.4, 0.5) is 13.2 Å². The molecule has 9 heteroatoms. The van der Waals surface area contributed by atoms with Crippen LogP contribution in [-0.4, -0.2) is 28.2 Å². The largest absolute Gasteiger partial charge is 0.477 e. The number of aromatic carboxylic acids is 1. The maximum Gasteiger partial charge on any atom is 0.341 e. The number of carbonyl (C=O) groups is 1. The van der Waals surface area contributed by atoms with Crippen LogP contribution in [0, 0.1) is 17.5 Å². The van der Waals surface area contributed by atoms with Gasteiger partial charge in [-0.15, -0.1) is 0 Å². The van der Waals surface area contributed by atoms with Crippen molar-refractivity contribution in [3.05, 3.63) is 34.1 Å². The number of hydrogen-bond acceptors (Lipinski definition) is 5. The molecule has 0 amide bonds. The van der Waals surface area contributed by atoms with E-state index in [0.29, 0.717) is 0 Å². The number of carboxylic acids is 1. The summed E-state index contributed by atoms with van der Waals surface area (Å²) in [6, 6.07) is 0. The lowest BCUT2D eigenvalue weighted by Crippen LogP contribution is -2.15. The van der Waals surface area contributed by atoms with Gasteiger partial charge in [-0.2, -0.15) is 0 Å². The molecular formula is C10H9F3O6. The maximum atomic E-state index is 13.8. The van der Waals surface area contributed by atoms with Crippen molar-refractivity contribution in [1.82, 2.24) is 0 Å².